The smallest absolute Gasteiger partial charge is 0.350 e. The van der Waals surface area contributed by atoms with Crippen LogP contribution in [0.4, 0.5) is 10.8 Å². The van der Waals surface area contributed by atoms with Crippen molar-refractivity contribution in [2.45, 2.75) is 59.1 Å². The highest BCUT2D eigenvalue weighted by Gasteiger charge is 2.25. The number of nitrogens with one attached hydrogen (secondary N) is 1. The number of hydrogen-bond acceptors (Lipinski definition) is 10. The topological polar surface area (TPSA) is 151 Å². The van der Waals surface area contributed by atoms with Crippen LogP contribution in [0.1, 0.15) is 54.9 Å². The molecule has 2 amide bonds. The highest BCUT2D eigenvalue weighted by molar-refractivity contribution is 7.17. The molecule has 0 aliphatic heterocycles. The van der Waals surface area contributed by atoms with E-state index < -0.39 is 23.5 Å². The van der Waals surface area contributed by atoms with Gasteiger partial charge >= 0.3 is 5.97 Å². The van der Waals surface area contributed by atoms with Gasteiger partial charge in [-0.05, 0) is 39.8 Å². The predicted octanol–water partition coefficient (Wildman–Crippen LogP) is 4.04. The van der Waals surface area contributed by atoms with Crippen molar-refractivity contribution in [2.24, 2.45) is 0 Å². The molecule has 0 aliphatic carbocycles. The fourth-order valence-electron chi connectivity index (χ4n) is 3.30. The molecule has 1 unspecified atom stereocenters. The van der Waals surface area contributed by atoms with Crippen molar-refractivity contribution in [1.29, 1.82) is 5.26 Å². The molecule has 0 radical (unpaired) electrons. The molecule has 12 heteroatoms. The average molecular weight is 511 g/mol. The number of esters is 1. The molecule has 1 atom stereocenters. The van der Waals surface area contributed by atoms with Gasteiger partial charge in [-0.25, -0.2) is 9.78 Å². The Morgan fingerprint density at radius 1 is 1.31 bits per heavy atom. The van der Waals surface area contributed by atoms with Crippen LogP contribution >= 0.6 is 11.3 Å². The number of aromatic nitrogens is 3. The predicted molar refractivity (Wildman–Crippen MR) is 132 cm³/mol. The van der Waals surface area contributed by atoms with E-state index in [1.807, 2.05) is 6.07 Å². The average Bonchev–Trinajstić information content (AvgIpc) is 3.38. The molecule has 0 aliphatic rings. The highest BCUT2D eigenvalue weighted by Crippen LogP contribution is 2.27. The molecule has 0 saturated heterocycles. The van der Waals surface area contributed by atoms with Crippen molar-refractivity contribution >= 4 is 40.4 Å². The maximum absolute atomic E-state index is 12.8. The van der Waals surface area contributed by atoms with Crippen LogP contribution in [-0.2, 0) is 14.3 Å². The third kappa shape index (κ3) is 6.73. The molecule has 36 heavy (non-hydrogen) atoms. The largest absolute Gasteiger partial charge is 0.456 e. The van der Waals surface area contributed by atoms with Gasteiger partial charge < -0.3 is 19.5 Å². The van der Waals surface area contributed by atoms with E-state index in [4.69, 9.17) is 9.26 Å². The summed E-state index contributed by atoms with van der Waals surface area (Å²) in [5.41, 5.74) is 0.848. The van der Waals surface area contributed by atoms with Gasteiger partial charge in [0.1, 0.15) is 10.5 Å². The maximum atomic E-state index is 12.8. The first kappa shape index (κ1) is 26.5. The van der Waals surface area contributed by atoms with Crippen LogP contribution in [0.3, 0.4) is 0 Å². The summed E-state index contributed by atoms with van der Waals surface area (Å²) in [6.07, 6.45) is 0.319. The number of rotatable bonds is 9. The summed E-state index contributed by atoms with van der Waals surface area (Å²) in [6, 6.07) is 8.12. The lowest BCUT2D eigenvalue weighted by Gasteiger charge is -2.26. The molecule has 1 N–H and O–H groups in total. The minimum absolute atomic E-state index is 0.0856. The molecule has 0 bridgehead atoms. The van der Waals surface area contributed by atoms with Gasteiger partial charge in [0.2, 0.25) is 24.0 Å². The van der Waals surface area contributed by atoms with Crippen LogP contribution in [0.2, 0.25) is 0 Å². The first-order valence-corrected chi connectivity index (χ1v) is 11.8. The summed E-state index contributed by atoms with van der Waals surface area (Å²) < 4.78 is 10.4. The molecule has 0 fully saturated rings. The summed E-state index contributed by atoms with van der Waals surface area (Å²) in [5, 5.41) is 16.1. The van der Waals surface area contributed by atoms with Gasteiger partial charge in [-0.3, -0.25) is 9.59 Å². The number of aryl methyl sites for hydroxylation is 2. The van der Waals surface area contributed by atoms with E-state index in [0.29, 0.717) is 35.1 Å². The zero-order valence-corrected chi connectivity index (χ0v) is 21.4. The maximum Gasteiger partial charge on any atom is 0.350 e. The van der Waals surface area contributed by atoms with Gasteiger partial charge in [0, 0.05) is 24.6 Å². The molecule has 188 valence electrons. The Hall–Kier alpha value is -4.11. The highest BCUT2D eigenvalue weighted by atomic mass is 32.1. The van der Waals surface area contributed by atoms with Crippen LogP contribution in [0.25, 0.3) is 11.4 Å². The molecule has 3 rings (SSSR count). The fourth-order valence-corrected chi connectivity index (χ4v) is 4.16. The lowest BCUT2D eigenvalue weighted by molar-refractivity contribution is -0.116. The van der Waals surface area contributed by atoms with Crippen molar-refractivity contribution in [3.05, 3.63) is 40.7 Å². The van der Waals surface area contributed by atoms with Gasteiger partial charge in [0.25, 0.3) is 0 Å². The van der Waals surface area contributed by atoms with E-state index in [9.17, 15) is 19.6 Å². The quantitative estimate of drug-likeness (QED) is 0.332. The lowest BCUT2D eigenvalue weighted by Crippen LogP contribution is -2.37. The molecule has 0 saturated carbocycles. The standard InChI is InChI=1S/C24H26N6O5S/c1-14-20(22(33)34-24(3,4)5)36-23(26-14)28-19(32)12-18(9-10-25)30(13-31)17-8-6-7-16(11-17)21-27-15(2)35-29-21/h6-8,11,13,18H,9,12H2,1-5H3,(H,26,28,32). The van der Waals surface area contributed by atoms with Crippen LogP contribution in [0.15, 0.2) is 28.8 Å². The molecule has 3 aromatic rings. The Balaban J connectivity index is 1.76. The lowest BCUT2D eigenvalue weighted by atomic mass is 10.1. The second-order valence-corrected chi connectivity index (χ2v) is 9.90. The minimum atomic E-state index is -0.749. The van der Waals surface area contributed by atoms with E-state index in [2.05, 4.69) is 20.4 Å². The zero-order chi connectivity index (χ0) is 26.5. The Morgan fingerprint density at radius 3 is 2.67 bits per heavy atom. The van der Waals surface area contributed by atoms with Gasteiger partial charge in [0.05, 0.1) is 24.2 Å². The Morgan fingerprint density at radius 2 is 2.06 bits per heavy atom. The number of nitrogens with zero attached hydrogens (tertiary/aromatic N) is 5. The Bertz CT molecular complexity index is 1300. The van der Waals surface area contributed by atoms with Crippen LogP contribution in [0.5, 0.6) is 0 Å². The van der Waals surface area contributed by atoms with Crippen molar-refractivity contribution in [3.8, 4) is 17.5 Å². The number of carbonyl (C=O) groups excluding carboxylic acids is 3. The van der Waals surface area contributed by atoms with Gasteiger partial charge in [-0.15, -0.1) is 0 Å². The molecule has 2 heterocycles. The van der Waals surface area contributed by atoms with E-state index >= 15 is 0 Å². The normalized spacial score (nSPS) is 11.9. The van der Waals surface area contributed by atoms with Crippen molar-refractivity contribution < 1.29 is 23.6 Å². The number of hydrogen-bond donors (Lipinski definition) is 1. The van der Waals surface area contributed by atoms with Crippen LogP contribution < -0.4 is 10.2 Å². The Kier molecular flexibility index (Phi) is 8.16. The van der Waals surface area contributed by atoms with Crippen molar-refractivity contribution in [1.82, 2.24) is 15.1 Å². The SMILES string of the molecule is Cc1nc(-c2cccc(N(C=O)C(CC#N)CC(=O)Nc3nc(C)c(C(=O)OC(C)(C)C)s3)c2)no1. The summed E-state index contributed by atoms with van der Waals surface area (Å²) in [7, 11) is 0. The van der Waals surface area contributed by atoms with Crippen molar-refractivity contribution in [3.63, 3.8) is 0 Å². The van der Waals surface area contributed by atoms with E-state index in [1.54, 1.807) is 58.9 Å². The number of amides is 2. The molecule has 2 aromatic heterocycles. The molecular weight excluding hydrogens is 484 g/mol. The number of thiazole rings is 1. The number of anilines is 2. The summed E-state index contributed by atoms with van der Waals surface area (Å²) in [5.74, 6) is -0.232. The van der Waals surface area contributed by atoms with Crippen LogP contribution in [-0.4, -0.2) is 45.1 Å². The third-order valence-corrected chi connectivity index (χ3v) is 5.87. The number of nitriles is 1. The van der Waals surface area contributed by atoms with E-state index in [-0.39, 0.29) is 22.9 Å². The van der Waals surface area contributed by atoms with Gasteiger partial charge in [-0.2, -0.15) is 10.2 Å². The molecule has 1 aromatic carbocycles. The summed E-state index contributed by atoms with van der Waals surface area (Å²) in [4.78, 5) is 47.3. The number of carbonyl (C=O) groups is 3. The number of ether oxygens (including phenoxy) is 1. The first-order chi connectivity index (χ1) is 17.0. The third-order valence-electron chi connectivity index (χ3n) is 4.81. The minimum Gasteiger partial charge on any atom is -0.456 e. The van der Waals surface area contributed by atoms with Gasteiger partial charge in [-0.1, -0.05) is 28.6 Å². The summed E-state index contributed by atoms with van der Waals surface area (Å²) in [6.45, 7) is 8.60. The van der Waals surface area contributed by atoms with E-state index in [0.717, 1.165) is 11.3 Å². The van der Waals surface area contributed by atoms with E-state index in [1.165, 1.54) is 4.90 Å². The Labute approximate surface area is 212 Å². The molecule has 0 spiro atoms. The van der Waals surface area contributed by atoms with Crippen LogP contribution in [0, 0.1) is 25.2 Å². The number of benzene rings is 1. The van der Waals surface area contributed by atoms with Crippen molar-refractivity contribution in [2.75, 3.05) is 10.2 Å². The first-order valence-electron chi connectivity index (χ1n) is 11.0. The second-order valence-electron chi connectivity index (χ2n) is 8.90. The van der Waals surface area contributed by atoms with Gasteiger partial charge in [0.15, 0.2) is 5.13 Å². The molecular formula is C24H26N6O5S. The monoisotopic (exact) mass is 510 g/mol. The fraction of sp³-hybridized carbons (Fsp3) is 0.375. The second kappa shape index (κ2) is 11.1. The summed E-state index contributed by atoms with van der Waals surface area (Å²) >= 11 is 1.00. The molecule has 11 nitrogen and oxygen atoms in total. The zero-order valence-electron chi connectivity index (χ0n) is 20.6.